The normalized spacial score (nSPS) is 10.0. The molecule has 15 heavy (non-hydrogen) atoms. The number of aliphatic hydroxyl groups is 1. The lowest BCUT2D eigenvalue weighted by Crippen LogP contribution is -2.17. The minimum absolute atomic E-state index is 0.000690. The fourth-order valence-electron chi connectivity index (χ4n) is 1.13. The van der Waals surface area contributed by atoms with E-state index < -0.39 is 0 Å². The number of aromatic nitrogens is 1. The van der Waals surface area contributed by atoms with Gasteiger partial charge in [-0.1, -0.05) is 0 Å². The molecule has 0 aromatic carbocycles. The SMILES string of the molecule is Cn1cc(NC(=O)CCCO)ccc1=O. The van der Waals surface area contributed by atoms with Crippen molar-refractivity contribution in [3.05, 3.63) is 28.7 Å². The van der Waals surface area contributed by atoms with Crippen molar-refractivity contribution in [2.24, 2.45) is 7.05 Å². The van der Waals surface area contributed by atoms with Gasteiger partial charge in [0.25, 0.3) is 0 Å². The maximum absolute atomic E-state index is 11.3. The van der Waals surface area contributed by atoms with Gasteiger partial charge in [-0.3, -0.25) is 9.59 Å². The Bertz CT molecular complexity index is 398. The average molecular weight is 210 g/mol. The number of amides is 1. The number of anilines is 1. The number of rotatable bonds is 4. The maximum Gasteiger partial charge on any atom is 0.250 e. The molecule has 1 amide bonds. The second-order valence-electron chi connectivity index (χ2n) is 3.24. The van der Waals surface area contributed by atoms with Gasteiger partial charge in [0, 0.05) is 32.3 Å². The molecule has 1 rings (SSSR count). The fourth-order valence-corrected chi connectivity index (χ4v) is 1.13. The predicted octanol–water partition coefficient (Wildman–Crippen LogP) is 0.0963. The highest BCUT2D eigenvalue weighted by molar-refractivity contribution is 5.90. The number of aliphatic hydroxyl groups excluding tert-OH is 1. The Labute approximate surface area is 87.4 Å². The van der Waals surface area contributed by atoms with Crippen molar-refractivity contribution < 1.29 is 9.90 Å². The first kappa shape index (κ1) is 11.5. The predicted molar refractivity (Wildman–Crippen MR) is 56.6 cm³/mol. The van der Waals surface area contributed by atoms with Crippen LogP contribution in [-0.2, 0) is 11.8 Å². The Kier molecular flexibility index (Phi) is 4.05. The molecule has 0 saturated carbocycles. The number of pyridine rings is 1. The number of hydrogen-bond acceptors (Lipinski definition) is 3. The Morgan fingerprint density at radius 1 is 1.53 bits per heavy atom. The van der Waals surface area contributed by atoms with Crippen molar-refractivity contribution in [1.82, 2.24) is 4.57 Å². The summed E-state index contributed by atoms with van der Waals surface area (Å²) in [6.45, 7) is 0.000690. The van der Waals surface area contributed by atoms with Crippen molar-refractivity contribution in [1.29, 1.82) is 0 Å². The second-order valence-corrected chi connectivity index (χ2v) is 3.24. The number of aryl methyl sites for hydroxylation is 1. The molecule has 1 aromatic heterocycles. The van der Waals surface area contributed by atoms with Gasteiger partial charge in [-0.05, 0) is 12.5 Å². The molecule has 0 aliphatic rings. The lowest BCUT2D eigenvalue weighted by Gasteiger charge is -2.05. The number of carbonyl (C=O) groups excluding carboxylic acids is 1. The molecule has 5 nitrogen and oxygen atoms in total. The number of hydrogen-bond donors (Lipinski definition) is 2. The van der Waals surface area contributed by atoms with Crippen LogP contribution in [0.3, 0.4) is 0 Å². The molecule has 1 aromatic rings. The Hall–Kier alpha value is -1.62. The molecule has 0 spiro atoms. The molecule has 2 N–H and O–H groups in total. The summed E-state index contributed by atoms with van der Waals surface area (Å²) in [4.78, 5) is 22.3. The zero-order chi connectivity index (χ0) is 11.3. The summed E-state index contributed by atoms with van der Waals surface area (Å²) >= 11 is 0. The molecule has 0 aliphatic carbocycles. The van der Waals surface area contributed by atoms with E-state index in [1.807, 2.05) is 0 Å². The minimum Gasteiger partial charge on any atom is -0.396 e. The van der Waals surface area contributed by atoms with Gasteiger partial charge in [0.05, 0.1) is 5.69 Å². The smallest absolute Gasteiger partial charge is 0.250 e. The second kappa shape index (κ2) is 5.31. The van der Waals surface area contributed by atoms with Gasteiger partial charge >= 0.3 is 0 Å². The number of nitrogens with one attached hydrogen (secondary N) is 1. The third kappa shape index (κ3) is 3.55. The molecule has 0 atom stereocenters. The van der Waals surface area contributed by atoms with Crippen LogP contribution >= 0.6 is 0 Å². The van der Waals surface area contributed by atoms with Crippen LogP contribution in [0, 0.1) is 0 Å². The van der Waals surface area contributed by atoms with Crippen LogP contribution in [0.1, 0.15) is 12.8 Å². The zero-order valence-corrected chi connectivity index (χ0v) is 8.56. The van der Waals surface area contributed by atoms with Crippen LogP contribution in [0.25, 0.3) is 0 Å². The van der Waals surface area contributed by atoms with Crippen LogP contribution in [0.4, 0.5) is 5.69 Å². The summed E-state index contributed by atoms with van der Waals surface area (Å²) in [6.07, 6.45) is 2.27. The van der Waals surface area contributed by atoms with Crippen molar-refractivity contribution in [2.45, 2.75) is 12.8 Å². The van der Waals surface area contributed by atoms with E-state index in [2.05, 4.69) is 5.32 Å². The molecule has 82 valence electrons. The molecule has 0 fully saturated rings. The van der Waals surface area contributed by atoms with E-state index in [0.29, 0.717) is 12.1 Å². The van der Waals surface area contributed by atoms with E-state index in [-0.39, 0.29) is 24.5 Å². The third-order valence-electron chi connectivity index (χ3n) is 1.93. The molecule has 5 heteroatoms. The van der Waals surface area contributed by atoms with Crippen LogP contribution in [0.2, 0.25) is 0 Å². The van der Waals surface area contributed by atoms with Crippen molar-refractivity contribution in [3.63, 3.8) is 0 Å². The van der Waals surface area contributed by atoms with Crippen LogP contribution in [0.15, 0.2) is 23.1 Å². The first-order chi connectivity index (χ1) is 7.13. The first-order valence-electron chi connectivity index (χ1n) is 4.71. The first-order valence-corrected chi connectivity index (χ1v) is 4.71. The zero-order valence-electron chi connectivity index (χ0n) is 8.56. The molecule has 0 unspecified atom stereocenters. The van der Waals surface area contributed by atoms with Crippen LogP contribution < -0.4 is 10.9 Å². The summed E-state index contributed by atoms with van der Waals surface area (Å²) in [5.74, 6) is -0.164. The van der Waals surface area contributed by atoms with Gasteiger partial charge in [0.2, 0.25) is 11.5 Å². The fraction of sp³-hybridized carbons (Fsp3) is 0.400. The van der Waals surface area contributed by atoms with Crippen LogP contribution in [-0.4, -0.2) is 22.2 Å². The number of nitrogens with zero attached hydrogens (tertiary/aromatic N) is 1. The molecule has 1 heterocycles. The highest BCUT2D eigenvalue weighted by atomic mass is 16.3. The van der Waals surface area contributed by atoms with Crippen molar-refractivity contribution in [3.8, 4) is 0 Å². The van der Waals surface area contributed by atoms with Gasteiger partial charge in [-0.25, -0.2) is 0 Å². The van der Waals surface area contributed by atoms with Crippen molar-refractivity contribution in [2.75, 3.05) is 11.9 Å². The lowest BCUT2D eigenvalue weighted by atomic mass is 10.3. The standard InChI is InChI=1S/C10H14N2O3/c1-12-7-8(4-5-10(12)15)11-9(14)3-2-6-13/h4-5,7,13H,2-3,6H2,1H3,(H,11,14). The maximum atomic E-state index is 11.3. The largest absolute Gasteiger partial charge is 0.396 e. The van der Waals surface area contributed by atoms with E-state index in [4.69, 9.17) is 5.11 Å². The van der Waals surface area contributed by atoms with E-state index in [1.165, 1.54) is 10.6 Å². The Morgan fingerprint density at radius 3 is 2.87 bits per heavy atom. The summed E-state index contributed by atoms with van der Waals surface area (Å²) in [5.41, 5.74) is 0.461. The molecular weight excluding hydrogens is 196 g/mol. The van der Waals surface area contributed by atoms with Gasteiger partial charge in [-0.2, -0.15) is 0 Å². The molecule has 0 aliphatic heterocycles. The molecule has 0 bridgehead atoms. The summed E-state index contributed by atoms with van der Waals surface area (Å²) in [5, 5.41) is 11.2. The topological polar surface area (TPSA) is 71.3 Å². The van der Waals surface area contributed by atoms with Gasteiger partial charge in [-0.15, -0.1) is 0 Å². The minimum atomic E-state index is -0.164. The lowest BCUT2D eigenvalue weighted by molar-refractivity contribution is -0.116. The van der Waals surface area contributed by atoms with E-state index in [9.17, 15) is 9.59 Å². The van der Waals surface area contributed by atoms with Gasteiger partial charge < -0.3 is 15.0 Å². The van der Waals surface area contributed by atoms with Gasteiger partial charge in [0.1, 0.15) is 0 Å². The highest BCUT2D eigenvalue weighted by Gasteiger charge is 2.02. The summed E-state index contributed by atoms with van der Waals surface area (Å²) in [6, 6.07) is 2.95. The molecule has 0 saturated heterocycles. The molecule has 0 radical (unpaired) electrons. The van der Waals surface area contributed by atoms with E-state index in [1.54, 1.807) is 19.3 Å². The number of carbonyl (C=O) groups is 1. The third-order valence-corrected chi connectivity index (χ3v) is 1.93. The van der Waals surface area contributed by atoms with Crippen molar-refractivity contribution >= 4 is 11.6 Å². The van der Waals surface area contributed by atoms with E-state index >= 15 is 0 Å². The monoisotopic (exact) mass is 210 g/mol. The molecular formula is C10H14N2O3. The summed E-state index contributed by atoms with van der Waals surface area (Å²) < 4.78 is 1.39. The average Bonchev–Trinajstić information content (AvgIpc) is 2.20. The summed E-state index contributed by atoms with van der Waals surface area (Å²) in [7, 11) is 1.62. The van der Waals surface area contributed by atoms with Crippen LogP contribution in [0.5, 0.6) is 0 Å². The van der Waals surface area contributed by atoms with Gasteiger partial charge in [0.15, 0.2) is 0 Å². The van der Waals surface area contributed by atoms with E-state index in [0.717, 1.165) is 0 Å². The Balaban J connectivity index is 2.61. The quantitative estimate of drug-likeness (QED) is 0.740. The Morgan fingerprint density at radius 2 is 2.27 bits per heavy atom. The highest BCUT2D eigenvalue weighted by Crippen LogP contribution is 2.03.